The largest absolute Gasteiger partial charge is 0.137 e. The molecule has 0 spiro atoms. The fourth-order valence-corrected chi connectivity index (χ4v) is 0. The van der Waals surface area contributed by atoms with Gasteiger partial charge in [-0.3, -0.25) is 0 Å². The lowest BCUT2D eigenvalue weighted by Crippen LogP contribution is -2.04. The number of rotatable bonds is 1. The average Bonchev–Trinajstić information content (AvgIpc) is 1.21. The Kier molecular flexibility index (Phi) is 1.10. The van der Waals surface area contributed by atoms with Crippen LogP contribution in [0.4, 0.5) is 0 Å². The molecule has 0 aromatic rings. The summed E-state index contributed by atoms with van der Waals surface area (Å²) in [6.45, 7) is 6.18. The molecule has 0 fully saturated rings. The predicted octanol–water partition coefficient (Wildman–Crippen LogP) is 1.91. The van der Waals surface area contributed by atoms with Gasteiger partial charge in [0.15, 0.2) is 0 Å². The van der Waals surface area contributed by atoms with Crippen LogP contribution >= 0.6 is 9.13 Å². The molecule has 0 bridgehead atoms. The van der Waals surface area contributed by atoms with Gasteiger partial charge in [-0.1, -0.05) is 20.8 Å². The first-order valence-corrected chi connectivity index (χ1v) is 2.80. The van der Waals surface area contributed by atoms with Crippen LogP contribution in [0.1, 0.15) is 20.8 Å². The summed E-state index contributed by atoms with van der Waals surface area (Å²) in [5, 5.41) is 0. The molecule has 0 aromatic heterocycles. The van der Waals surface area contributed by atoms with Gasteiger partial charge in [0.2, 0.25) is 0 Å². The van der Waals surface area contributed by atoms with Crippen molar-refractivity contribution < 1.29 is 0 Å². The van der Waals surface area contributed by atoms with E-state index in [4.69, 9.17) is 2.56 Å². The third-order valence-corrected chi connectivity index (χ3v) is 1.42. The minimum Gasteiger partial charge on any atom is -0.137 e. The Morgan fingerprint density at radius 3 is 2.50 bits per heavy atom. The predicted molar refractivity (Wildman–Crippen MR) is 34.0 cm³/mol. The van der Waals surface area contributed by atoms with Crippen molar-refractivity contribution in [3.05, 3.63) is 0 Å². The molecular weight excluding hydrogens is 91.0 g/mol. The molecule has 0 radical (unpaired) electrons. The second-order valence-electron chi connectivity index (χ2n) is 2.72. The van der Waals surface area contributed by atoms with E-state index in [0.29, 0.717) is 0 Å². The Bertz CT molecular complexity index is 65.3. The Balaban J connectivity index is 3.39. The van der Waals surface area contributed by atoms with Crippen molar-refractivity contribution >= 4 is 9.13 Å². The van der Waals surface area contributed by atoms with E-state index in [1.807, 2.05) is 0 Å². The van der Waals surface area contributed by atoms with Gasteiger partial charge in [0, 0.05) is 0 Å². The smallest absolute Gasteiger partial charge is 0.0546 e. The summed E-state index contributed by atoms with van der Waals surface area (Å²) < 4.78 is 13.9. The Labute approximate surface area is 45.1 Å². The van der Waals surface area contributed by atoms with Crippen molar-refractivity contribution in [3.8, 4) is 0 Å². The second kappa shape index (κ2) is 1.93. The lowest BCUT2D eigenvalue weighted by atomic mass is 10.0. The summed E-state index contributed by atoms with van der Waals surface area (Å²) in [7, 11) is -1.19. The van der Waals surface area contributed by atoms with Crippen LogP contribution in [-0.4, -0.2) is 8.72 Å². The Morgan fingerprint density at radius 1 is 2.00 bits per heavy atom. The van der Waals surface area contributed by atoms with Gasteiger partial charge >= 0.3 is 0 Å². The van der Waals surface area contributed by atoms with Crippen molar-refractivity contribution in [1.82, 2.24) is 0 Å². The minimum atomic E-state index is -1.19. The van der Waals surface area contributed by atoms with Crippen molar-refractivity contribution in [1.29, 1.82) is 2.56 Å². The number of hydrogen-bond donors (Lipinski definition) is 0. The van der Waals surface area contributed by atoms with Crippen LogP contribution in [0.5, 0.6) is 0 Å². The van der Waals surface area contributed by atoms with Gasteiger partial charge in [0.05, 0.1) is 2.56 Å². The van der Waals surface area contributed by atoms with Crippen molar-refractivity contribution in [2.45, 2.75) is 20.8 Å². The third-order valence-electron chi connectivity index (χ3n) is 0.474. The van der Waals surface area contributed by atoms with Crippen LogP contribution in [0.3, 0.4) is 0 Å². The maximum Gasteiger partial charge on any atom is 0.0546 e. The lowest BCUT2D eigenvalue weighted by molar-refractivity contribution is 0.480. The molecule has 0 nitrogen and oxygen atoms in total. The SMILES string of the molecule is [2H]P([3H])CC(C)(C)C. The van der Waals surface area contributed by atoms with Gasteiger partial charge in [0.1, 0.15) is 0 Å². The average molecular weight is 107 g/mol. The summed E-state index contributed by atoms with van der Waals surface area (Å²) >= 11 is 0. The minimum absolute atomic E-state index is 0.176. The lowest BCUT2D eigenvalue weighted by Gasteiger charge is -2.12. The Hall–Kier alpha value is 0.430. The van der Waals surface area contributed by atoms with Crippen LogP contribution in [0.25, 0.3) is 0 Å². The van der Waals surface area contributed by atoms with E-state index in [0.717, 1.165) is 6.16 Å². The van der Waals surface area contributed by atoms with E-state index in [2.05, 4.69) is 20.8 Å². The topological polar surface area (TPSA) is 0 Å². The first-order valence-electron chi connectivity index (χ1n) is 3.06. The monoisotopic (exact) mass is 107 g/mol. The summed E-state index contributed by atoms with van der Waals surface area (Å²) in [6.07, 6.45) is 0.725. The molecule has 38 valence electrons. The molecule has 1 heteroatoms. The maximum absolute atomic E-state index is 6.96. The maximum atomic E-state index is 6.96. The fourth-order valence-electron chi connectivity index (χ4n) is 0. The van der Waals surface area contributed by atoms with Gasteiger partial charge in [-0.25, -0.2) is 0 Å². The van der Waals surface area contributed by atoms with E-state index in [-0.39, 0.29) is 5.41 Å². The van der Waals surface area contributed by atoms with Crippen LogP contribution in [0.15, 0.2) is 0 Å². The van der Waals surface area contributed by atoms with Crippen molar-refractivity contribution in [3.63, 3.8) is 0 Å². The Morgan fingerprint density at radius 2 is 2.50 bits per heavy atom. The second-order valence-corrected chi connectivity index (χ2v) is 3.04. The highest BCUT2D eigenvalue weighted by atomic mass is 31.0. The van der Waals surface area contributed by atoms with Gasteiger partial charge in [-0.15, -0.1) is 9.13 Å². The van der Waals surface area contributed by atoms with Gasteiger partial charge in [-0.05, 0) is 11.6 Å². The molecule has 0 heterocycles. The van der Waals surface area contributed by atoms with Gasteiger partial charge in [-0.2, -0.15) is 0 Å². The molecular formula is C5H13P. The summed E-state index contributed by atoms with van der Waals surface area (Å²) in [6, 6.07) is 0. The molecule has 0 aliphatic rings. The van der Waals surface area contributed by atoms with Crippen molar-refractivity contribution in [2.24, 2.45) is 5.41 Å². The fraction of sp³-hybridized carbons (Fsp3) is 1.00. The highest BCUT2D eigenvalue weighted by molar-refractivity contribution is 7.16. The standard InChI is InChI=1S/C5H13P/c1-5(2,3)4-6/h4,6H2,1-3H3/i6TD. The highest BCUT2D eigenvalue weighted by Crippen LogP contribution is 2.14. The summed E-state index contributed by atoms with van der Waals surface area (Å²) in [5.74, 6) is 0. The zero-order valence-corrected chi connectivity index (χ0v) is 5.55. The zero-order chi connectivity index (χ0) is 6.78. The van der Waals surface area contributed by atoms with Gasteiger partial charge < -0.3 is 0 Å². The van der Waals surface area contributed by atoms with Crippen molar-refractivity contribution in [2.75, 3.05) is 6.16 Å². The third kappa shape index (κ3) is 4.43. The molecule has 0 amide bonds. The summed E-state index contributed by atoms with van der Waals surface area (Å²) in [5.41, 5.74) is 0.176. The van der Waals surface area contributed by atoms with Crippen LogP contribution in [0.2, 0.25) is 0 Å². The molecule has 0 rings (SSSR count). The van der Waals surface area contributed by atoms with E-state index in [1.165, 1.54) is 0 Å². The molecule has 0 aliphatic heterocycles. The highest BCUT2D eigenvalue weighted by Gasteiger charge is 2.03. The normalized spacial score (nSPS) is 21.8. The van der Waals surface area contributed by atoms with E-state index in [9.17, 15) is 0 Å². The molecule has 0 N–H and O–H groups in total. The summed E-state index contributed by atoms with van der Waals surface area (Å²) in [4.78, 5) is 0. The van der Waals surface area contributed by atoms with Crippen LogP contribution in [0, 0.1) is 5.41 Å². The molecule has 6 heavy (non-hydrogen) atoms. The number of hydrogen-bond acceptors (Lipinski definition) is 0. The molecule has 1 atom stereocenters. The molecule has 0 aliphatic carbocycles. The first-order chi connectivity index (χ1) is 3.42. The first kappa shape index (κ1) is 3.43. The van der Waals surface area contributed by atoms with E-state index >= 15 is 0 Å². The van der Waals surface area contributed by atoms with E-state index in [1.54, 1.807) is 0 Å². The van der Waals surface area contributed by atoms with Gasteiger partial charge in [0.25, 0.3) is 0 Å². The zero-order valence-electron chi connectivity index (χ0n) is 6.65. The van der Waals surface area contributed by atoms with E-state index < -0.39 is 9.13 Å². The molecule has 1 unspecified atom stereocenters. The van der Waals surface area contributed by atoms with Crippen LogP contribution in [-0.2, 0) is 0 Å². The molecule has 0 saturated heterocycles. The quantitative estimate of drug-likeness (QED) is 0.449. The van der Waals surface area contributed by atoms with Crippen LogP contribution < -0.4 is 0 Å². The molecule has 0 aromatic carbocycles. The molecule has 0 saturated carbocycles.